The Labute approximate surface area is 167 Å². The van der Waals surface area contributed by atoms with Gasteiger partial charge in [0.25, 0.3) is 0 Å². The number of hydrogen-bond acceptors (Lipinski definition) is 3. The van der Waals surface area contributed by atoms with Crippen molar-refractivity contribution in [2.24, 2.45) is 0 Å². The van der Waals surface area contributed by atoms with Gasteiger partial charge >= 0.3 is 0 Å². The number of rotatable bonds is 7. The molecule has 0 aromatic heterocycles. The minimum atomic E-state index is 0.177. The van der Waals surface area contributed by atoms with Crippen molar-refractivity contribution in [2.45, 2.75) is 30.9 Å². The summed E-state index contributed by atoms with van der Waals surface area (Å²) in [5.74, 6) is 0.572. The van der Waals surface area contributed by atoms with Crippen LogP contribution in [0.2, 0.25) is 0 Å². The smallest absolute Gasteiger partial charge is 0.115 e. The molecule has 144 valence electrons. The van der Waals surface area contributed by atoms with E-state index in [1.54, 1.807) is 12.1 Å². The second-order valence-electron chi connectivity index (χ2n) is 7.47. The van der Waals surface area contributed by atoms with Crippen LogP contribution in [0.15, 0.2) is 84.9 Å². The molecular weight excluding hydrogens is 346 g/mol. The number of benzene rings is 3. The SMILES string of the molecule is Oc1ccc(CCN[C@@H]2CO[C@H](C(c3ccccc3)c3ccccc3)C2)cc1. The summed E-state index contributed by atoms with van der Waals surface area (Å²) in [6, 6.07) is 29.2. The highest BCUT2D eigenvalue weighted by molar-refractivity contribution is 5.34. The summed E-state index contributed by atoms with van der Waals surface area (Å²) in [6.07, 6.45) is 2.13. The summed E-state index contributed by atoms with van der Waals surface area (Å²) in [4.78, 5) is 0. The number of hydrogen-bond donors (Lipinski definition) is 2. The highest BCUT2D eigenvalue weighted by atomic mass is 16.5. The largest absolute Gasteiger partial charge is 0.508 e. The van der Waals surface area contributed by atoms with Crippen molar-refractivity contribution in [1.29, 1.82) is 0 Å². The van der Waals surface area contributed by atoms with E-state index in [4.69, 9.17) is 4.74 Å². The fourth-order valence-electron chi connectivity index (χ4n) is 4.06. The lowest BCUT2D eigenvalue weighted by atomic mass is 9.85. The van der Waals surface area contributed by atoms with Gasteiger partial charge in [0.2, 0.25) is 0 Å². The Balaban J connectivity index is 1.38. The van der Waals surface area contributed by atoms with E-state index in [-0.39, 0.29) is 12.0 Å². The summed E-state index contributed by atoms with van der Waals surface area (Å²) >= 11 is 0. The minimum Gasteiger partial charge on any atom is -0.508 e. The normalized spacial score (nSPS) is 19.2. The monoisotopic (exact) mass is 373 g/mol. The zero-order chi connectivity index (χ0) is 19.2. The molecule has 0 amide bonds. The van der Waals surface area contributed by atoms with Gasteiger partial charge in [-0.25, -0.2) is 0 Å². The van der Waals surface area contributed by atoms with Gasteiger partial charge in [-0.3, -0.25) is 0 Å². The van der Waals surface area contributed by atoms with Crippen LogP contribution < -0.4 is 5.32 Å². The molecule has 1 aliphatic rings. The van der Waals surface area contributed by atoms with Crippen molar-refractivity contribution in [3.63, 3.8) is 0 Å². The topological polar surface area (TPSA) is 41.5 Å². The molecule has 3 heteroatoms. The van der Waals surface area contributed by atoms with Crippen LogP contribution in [0.4, 0.5) is 0 Å². The van der Waals surface area contributed by atoms with Crippen LogP contribution >= 0.6 is 0 Å². The first-order valence-electron chi connectivity index (χ1n) is 10.0. The molecule has 0 spiro atoms. The molecule has 28 heavy (non-hydrogen) atoms. The lowest BCUT2D eigenvalue weighted by Crippen LogP contribution is -2.31. The molecule has 3 aromatic rings. The molecule has 1 fully saturated rings. The highest BCUT2D eigenvalue weighted by Crippen LogP contribution is 2.34. The van der Waals surface area contributed by atoms with E-state index in [0.717, 1.165) is 26.0 Å². The second-order valence-corrected chi connectivity index (χ2v) is 7.47. The quantitative estimate of drug-likeness (QED) is 0.640. The number of nitrogens with one attached hydrogen (secondary N) is 1. The van der Waals surface area contributed by atoms with Gasteiger partial charge in [-0.15, -0.1) is 0 Å². The first kappa shape index (κ1) is 18.7. The third-order valence-electron chi connectivity index (χ3n) is 5.50. The van der Waals surface area contributed by atoms with Crippen LogP contribution in [0.25, 0.3) is 0 Å². The summed E-state index contributed by atoms with van der Waals surface area (Å²) in [5, 5.41) is 13.0. The van der Waals surface area contributed by atoms with Gasteiger partial charge in [0.15, 0.2) is 0 Å². The van der Waals surface area contributed by atoms with Gasteiger partial charge in [-0.1, -0.05) is 72.8 Å². The molecule has 1 saturated heterocycles. The Morgan fingerprint density at radius 2 is 1.46 bits per heavy atom. The maximum Gasteiger partial charge on any atom is 0.115 e. The van der Waals surface area contributed by atoms with E-state index in [0.29, 0.717) is 11.8 Å². The average Bonchev–Trinajstić information content (AvgIpc) is 3.20. The van der Waals surface area contributed by atoms with Crippen LogP contribution in [0, 0.1) is 0 Å². The van der Waals surface area contributed by atoms with Crippen LogP contribution in [-0.4, -0.2) is 30.4 Å². The lowest BCUT2D eigenvalue weighted by molar-refractivity contribution is 0.0960. The van der Waals surface area contributed by atoms with E-state index in [1.165, 1.54) is 16.7 Å². The standard InChI is InChI=1S/C25H27NO2/c27-23-13-11-19(12-14-23)15-16-26-22-17-24(28-18-22)25(20-7-3-1-4-8-20)21-9-5-2-6-10-21/h1-14,22,24-27H,15-18H2/t22-,24-/m0/s1. The van der Waals surface area contributed by atoms with Crippen molar-refractivity contribution < 1.29 is 9.84 Å². The van der Waals surface area contributed by atoms with Crippen LogP contribution in [-0.2, 0) is 11.2 Å². The molecular formula is C25H27NO2. The molecule has 4 rings (SSSR count). The zero-order valence-electron chi connectivity index (χ0n) is 16.0. The van der Waals surface area contributed by atoms with Crippen LogP contribution in [0.5, 0.6) is 5.75 Å². The van der Waals surface area contributed by atoms with Crippen molar-refractivity contribution in [3.05, 3.63) is 102 Å². The number of ether oxygens (including phenoxy) is 1. The molecule has 0 unspecified atom stereocenters. The Hall–Kier alpha value is -2.62. The van der Waals surface area contributed by atoms with Crippen molar-refractivity contribution in [3.8, 4) is 5.75 Å². The van der Waals surface area contributed by atoms with Crippen molar-refractivity contribution in [2.75, 3.05) is 13.2 Å². The fourth-order valence-corrected chi connectivity index (χ4v) is 4.06. The third kappa shape index (κ3) is 4.61. The Kier molecular flexibility index (Phi) is 6.05. The lowest BCUT2D eigenvalue weighted by Gasteiger charge is -2.24. The maximum atomic E-state index is 9.39. The summed E-state index contributed by atoms with van der Waals surface area (Å²) < 4.78 is 6.26. The Bertz CT molecular complexity index is 809. The highest BCUT2D eigenvalue weighted by Gasteiger charge is 2.33. The third-order valence-corrected chi connectivity index (χ3v) is 5.50. The van der Waals surface area contributed by atoms with Gasteiger partial charge < -0.3 is 15.2 Å². The molecule has 1 heterocycles. The van der Waals surface area contributed by atoms with Gasteiger partial charge in [0, 0.05) is 12.0 Å². The first-order valence-corrected chi connectivity index (χ1v) is 10.0. The summed E-state index contributed by atoms with van der Waals surface area (Å²) in [6.45, 7) is 1.66. The first-order chi connectivity index (χ1) is 13.8. The second kappa shape index (κ2) is 9.05. The molecule has 0 saturated carbocycles. The van der Waals surface area contributed by atoms with E-state index in [1.807, 2.05) is 12.1 Å². The molecule has 0 radical (unpaired) electrons. The van der Waals surface area contributed by atoms with Gasteiger partial charge in [-0.05, 0) is 48.2 Å². The molecule has 2 atom stereocenters. The molecule has 3 aromatic carbocycles. The van der Waals surface area contributed by atoms with Crippen molar-refractivity contribution in [1.82, 2.24) is 5.32 Å². The van der Waals surface area contributed by atoms with E-state index in [2.05, 4.69) is 66.0 Å². The van der Waals surface area contributed by atoms with Gasteiger partial charge in [-0.2, -0.15) is 0 Å². The maximum absolute atomic E-state index is 9.39. The van der Waals surface area contributed by atoms with Gasteiger partial charge in [0.05, 0.1) is 12.7 Å². The average molecular weight is 373 g/mol. The van der Waals surface area contributed by atoms with Gasteiger partial charge in [0.1, 0.15) is 5.75 Å². The molecule has 3 nitrogen and oxygen atoms in total. The van der Waals surface area contributed by atoms with Crippen molar-refractivity contribution >= 4 is 0 Å². The Morgan fingerprint density at radius 3 is 2.07 bits per heavy atom. The summed E-state index contributed by atoms with van der Waals surface area (Å²) in [5.41, 5.74) is 3.85. The fraction of sp³-hybridized carbons (Fsp3) is 0.280. The Morgan fingerprint density at radius 1 is 0.857 bits per heavy atom. The predicted octanol–water partition coefficient (Wildman–Crippen LogP) is 4.51. The predicted molar refractivity (Wildman–Crippen MR) is 113 cm³/mol. The van der Waals surface area contributed by atoms with E-state index >= 15 is 0 Å². The molecule has 0 aliphatic carbocycles. The molecule has 1 aliphatic heterocycles. The number of phenols is 1. The zero-order valence-corrected chi connectivity index (χ0v) is 16.0. The number of aromatic hydroxyl groups is 1. The molecule has 0 bridgehead atoms. The summed E-state index contributed by atoms with van der Waals surface area (Å²) in [7, 11) is 0. The van der Waals surface area contributed by atoms with Crippen LogP contribution in [0.3, 0.4) is 0 Å². The molecule has 2 N–H and O–H groups in total. The number of phenolic OH excluding ortho intramolecular Hbond substituents is 1. The van der Waals surface area contributed by atoms with E-state index < -0.39 is 0 Å². The van der Waals surface area contributed by atoms with Crippen LogP contribution in [0.1, 0.15) is 29.0 Å². The minimum absolute atomic E-state index is 0.177. The van der Waals surface area contributed by atoms with E-state index in [9.17, 15) is 5.11 Å².